The Morgan fingerprint density at radius 3 is 2.39 bits per heavy atom. The van der Waals surface area contributed by atoms with E-state index in [1.807, 2.05) is 0 Å². The minimum absolute atomic E-state index is 0.206. The number of rotatable bonds is 6. The van der Waals surface area contributed by atoms with Crippen LogP contribution in [-0.4, -0.2) is 45.5 Å². The Kier molecular flexibility index (Phi) is 6.55. The van der Waals surface area contributed by atoms with Crippen LogP contribution >= 0.6 is 0 Å². The molecule has 0 atom stereocenters. The number of hydrogen-bond acceptors (Lipinski definition) is 6. The van der Waals surface area contributed by atoms with E-state index in [0.29, 0.717) is 47.8 Å². The van der Waals surface area contributed by atoms with Crippen LogP contribution in [0.3, 0.4) is 0 Å². The summed E-state index contributed by atoms with van der Waals surface area (Å²) in [6.45, 7) is 0.206. The Morgan fingerprint density at radius 2 is 1.69 bits per heavy atom. The number of aromatic nitrogens is 3. The maximum atomic E-state index is 13.3. The van der Waals surface area contributed by atoms with E-state index in [1.165, 1.54) is 18.3 Å². The molecule has 2 aromatic heterocycles. The number of nitrogens with one attached hydrogen (secondary N) is 1. The summed E-state index contributed by atoms with van der Waals surface area (Å²) in [6, 6.07) is 12.4. The zero-order chi connectivity index (χ0) is 25.3. The van der Waals surface area contributed by atoms with Crippen molar-refractivity contribution in [3.8, 4) is 5.69 Å². The minimum atomic E-state index is -3.46. The first-order valence-electron chi connectivity index (χ1n) is 11.7. The lowest BCUT2D eigenvalue weighted by molar-refractivity contribution is 0.0952. The van der Waals surface area contributed by atoms with Gasteiger partial charge in [-0.2, -0.15) is 5.10 Å². The van der Waals surface area contributed by atoms with E-state index in [0.717, 1.165) is 5.56 Å². The van der Waals surface area contributed by atoms with Gasteiger partial charge in [-0.05, 0) is 67.6 Å². The molecule has 8 nitrogen and oxygen atoms in total. The van der Waals surface area contributed by atoms with Crippen LogP contribution in [0.15, 0.2) is 72.0 Å². The van der Waals surface area contributed by atoms with Crippen LogP contribution in [0.5, 0.6) is 0 Å². The highest BCUT2D eigenvalue weighted by Gasteiger charge is 2.31. The van der Waals surface area contributed by atoms with Gasteiger partial charge >= 0.3 is 0 Å². The largest absolute Gasteiger partial charge is 0.393 e. The third kappa shape index (κ3) is 4.74. The molecule has 2 aromatic carbocycles. The molecule has 0 saturated heterocycles. The number of carbonyl (C=O) groups excluding carboxylic acids is 1. The van der Waals surface area contributed by atoms with Crippen LogP contribution < -0.4 is 5.32 Å². The van der Waals surface area contributed by atoms with E-state index in [2.05, 4.69) is 15.4 Å². The van der Waals surface area contributed by atoms with Crippen LogP contribution in [0.4, 0.5) is 4.39 Å². The lowest BCUT2D eigenvalue weighted by atomic mass is 9.97. The monoisotopic (exact) mass is 508 g/mol. The van der Waals surface area contributed by atoms with Gasteiger partial charge in [-0.1, -0.05) is 12.1 Å². The Labute approximate surface area is 207 Å². The van der Waals surface area contributed by atoms with E-state index in [4.69, 9.17) is 0 Å². The van der Waals surface area contributed by atoms with Crippen LogP contribution in [0.2, 0.25) is 0 Å². The van der Waals surface area contributed by atoms with Crippen molar-refractivity contribution < 1.29 is 22.7 Å². The minimum Gasteiger partial charge on any atom is -0.393 e. The topological polar surface area (TPSA) is 114 Å². The molecule has 2 heterocycles. The van der Waals surface area contributed by atoms with E-state index in [1.54, 1.807) is 53.5 Å². The molecule has 5 rings (SSSR count). The second kappa shape index (κ2) is 9.79. The molecular weight excluding hydrogens is 483 g/mol. The van der Waals surface area contributed by atoms with Gasteiger partial charge in [0.1, 0.15) is 5.82 Å². The molecule has 1 amide bonds. The van der Waals surface area contributed by atoms with Gasteiger partial charge in [-0.25, -0.2) is 17.5 Å². The third-order valence-electron chi connectivity index (χ3n) is 6.60. The van der Waals surface area contributed by atoms with Crippen LogP contribution in [-0.2, 0) is 16.4 Å². The first-order chi connectivity index (χ1) is 17.3. The highest BCUT2D eigenvalue weighted by atomic mass is 32.2. The third-order valence-corrected chi connectivity index (χ3v) is 8.88. The van der Waals surface area contributed by atoms with Crippen LogP contribution in [0.25, 0.3) is 16.6 Å². The van der Waals surface area contributed by atoms with Crippen molar-refractivity contribution in [3.05, 3.63) is 84.1 Å². The van der Waals surface area contributed by atoms with Crippen molar-refractivity contribution in [1.82, 2.24) is 20.1 Å². The lowest BCUT2D eigenvalue weighted by Crippen LogP contribution is -2.29. The maximum Gasteiger partial charge on any atom is 0.253 e. The SMILES string of the molecule is O=C(NCc1ccc(S(=O)(=O)C2CCC(O)CC2)cc1)c1cncc2c1cnn2-c1ccc(F)cc1. The summed E-state index contributed by atoms with van der Waals surface area (Å²) in [5, 5.41) is 17.0. The molecule has 0 bridgehead atoms. The number of fused-ring (bicyclic) bond motifs is 1. The molecule has 10 heteroatoms. The molecule has 0 aliphatic heterocycles. The zero-order valence-corrected chi connectivity index (χ0v) is 20.2. The number of amides is 1. The summed E-state index contributed by atoms with van der Waals surface area (Å²) in [6.07, 6.45) is 6.12. The molecule has 186 valence electrons. The summed E-state index contributed by atoms with van der Waals surface area (Å²) < 4.78 is 40.7. The fourth-order valence-corrected chi connectivity index (χ4v) is 6.33. The standard InChI is InChI=1S/C26H25FN4O4S/c27-18-3-5-19(6-4-18)31-25-16-28-14-24(23(25)15-30-31)26(33)29-13-17-1-9-21(10-2-17)36(34,35)22-11-7-20(32)8-12-22/h1-6,9-10,14-16,20,22,32H,7-8,11-13H2,(H,29,33). The lowest BCUT2D eigenvalue weighted by Gasteiger charge is -2.25. The molecule has 1 fully saturated rings. The zero-order valence-electron chi connectivity index (χ0n) is 19.3. The second-order valence-electron chi connectivity index (χ2n) is 8.95. The fraction of sp³-hybridized carbons (Fsp3) is 0.269. The van der Waals surface area contributed by atoms with Crippen molar-refractivity contribution in [1.29, 1.82) is 0 Å². The number of aliphatic hydroxyl groups is 1. The van der Waals surface area contributed by atoms with Crippen molar-refractivity contribution >= 4 is 26.6 Å². The van der Waals surface area contributed by atoms with E-state index in [-0.39, 0.29) is 23.2 Å². The highest BCUT2D eigenvalue weighted by molar-refractivity contribution is 7.92. The Bertz CT molecular complexity index is 1490. The van der Waals surface area contributed by atoms with E-state index >= 15 is 0 Å². The summed E-state index contributed by atoms with van der Waals surface area (Å²) in [7, 11) is -3.46. The molecule has 1 saturated carbocycles. The number of aliphatic hydroxyl groups excluding tert-OH is 1. The van der Waals surface area contributed by atoms with Gasteiger partial charge in [0.2, 0.25) is 0 Å². The molecule has 1 aliphatic rings. The average Bonchev–Trinajstić information content (AvgIpc) is 3.32. The smallest absolute Gasteiger partial charge is 0.253 e. The Morgan fingerprint density at radius 1 is 1.00 bits per heavy atom. The number of nitrogens with zero attached hydrogens (tertiary/aromatic N) is 3. The van der Waals surface area contributed by atoms with Crippen molar-refractivity contribution in [3.63, 3.8) is 0 Å². The molecule has 0 radical (unpaired) electrons. The first kappa shape index (κ1) is 24.1. The number of halogens is 1. The quantitative estimate of drug-likeness (QED) is 0.412. The second-order valence-corrected chi connectivity index (χ2v) is 11.2. The molecule has 0 unspecified atom stereocenters. The van der Waals surface area contributed by atoms with Gasteiger partial charge in [-0.15, -0.1) is 0 Å². The van der Waals surface area contributed by atoms with E-state index in [9.17, 15) is 22.7 Å². The van der Waals surface area contributed by atoms with Gasteiger partial charge in [0, 0.05) is 18.1 Å². The Hall–Kier alpha value is -3.63. The molecule has 2 N–H and O–H groups in total. The van der Waals surface area contributed by atoms with Crippen molar-refractivity contribution in [2.45, 2.75) is 48.5 Å². The fourth-order valence-electron chi connectivity index (χ4n) is 4.53. The van der Waals surface area contributed by atoms with Crippen molar-refractivity contribution in [2.24, 2.45) is 0 Å². The number of hydrogen-bond donors (Lipinski definition) is 2. The molecule has 1 aliphatic carbocycles. The Balaban J connectivity index is 1.28. The van der Waals surface area contributed by atoms with Gasteiger partial charge < -0.3 is 10.4 Å². The molecule has 0 spiro atoms. The molecule has 36 heavy (non-hydrogen) atoms. The van der Waals surface area contributed by atoms with Crippen LogP contribution in [0.1, 0.15) is 41.6 Å². The number of carbonyl (C=O) groups is 1. The van der Waals surface area contributed by atoms with Crippen molar-refractivity contribution in [2.75, 3.05) is 0 Å². The predicted octanol–water partition coefficient (Wildman–Crippen LogP) is 3.57. The van der Waals surface area contributed by atoms with Gasteiger partial charge in [0.15, 0.2) is 9.84 Å². The molecule has 4 aromatic rings. The predicted molar refractivity (Wildman–Crippen MR) is 132 cm³/mol. The molecular formula is C26H25FN4O4S. The van der Waals surface area contributed by atoms with Gasteiger partial charge in [0.05, 0.1) is 45.4 Å². The average molecular weight is 509 g/mol. The summed E-state index contributed by atoms with van der Waals surface area (Å²) in [5.41, 5.74) is 2.35. The maximum absolute atomic E-state index is 13.3. The summed E-state index contributed by atoms with van der Waals surface area (Å²) >= 11 is 0. The number of benzene rings is 2. The highest BCUT2D eigenvalue weighted by Crippen LogP contribution is 2.29. The van der Waals surface area contributed by atoms with Crippen LogP contribution in [0, 0.1) is 5.82 Å². The van der Waals surface area contributed by atoms with Gasteiger partial charge in [-0.3, -0.25) is 9.78 Å². The van der Waals surface area contributed by atoms with E-state index < -0.39 is 21.2 Å². The number of pyridine rings is 1. The normalized spacial score (nSPS) is 18.3. The van der Waals surface area contributed by atoms with Gasteiger partial charge in [0.25, 0.3) is 5.91 Å². The number of sulfone groups is 1. The summed E-state index contributed by atoms with van der Waals surface area (Å²) in [4.78, 5) is 17.4. The first-order valence-corrected chi connectivity index (χ1v) is 13.2. The summed E-state index contributed by atoms with van der Waals surface area (Å²) in [5.74, 6) is -0.697.